The second kappa shape index (κ2) is 12.2. The molecule has 0 aliphatic carbocycles. The lowest BCUT2D eigenvalue weighted by atomic mass is 9.89. The maximum atomic E-state index is 11.3. The normalized spacial score (nSPS) is 11.8. The molecule has 0 bridgehead atoms. The molecule has 33 heavy (non-hydrogen) atoms. The average Bonchev–Trinajstić information content (AvgIpc) is 2.82. The molecule has 3 rings (SSSR count). The largest absolute Gasteiger partial charge is 0.494 e. The van der Waals surface area contributed by atoms with Gasteiger partial charge in [0.05, 0.1) is 12.2 Å². The predicted molar refractivity (Wildman–Crippen MR) is 137 cm³/mol. The van der Waals surface area contributed by atoms with E-state index in [4.69, 9.17) is 4.74 Å². The minimum Gasteiger partial charge on any atom is -0.494 e. The van der Waals surface area contributed by atoms with Crippen molar-refractivity contribution in [1.82, 2.24) is 0 Å². The first-order chi connectivity index (χ1) is 16.0. The van der Waals surface area contributed by atoms with Gasteiger partial charge in [-0.05, 0) is 70.8 Å². The van der Waals surface area contributed by atoms with Crippen molar-refractivity contribution in [2.24, 2.45) is 5.92 Å². The summed E-state index contributed by atoms with van der Waals surface area (Å²) >= 11 is 0. The Morgan fingerprint density at radius 2 is 1.52 bits per heavy atom. The van der Waals surface area contributed by atoms with Gasteiger partial charge < -0.3 is 9.84 Å². The highest BCUT2D eigenvalue weighted by Gasteiger charge is 2.12. The molecular formula is C30H36O3. The van der Waals surface area contributed by atoms with Crippen LogP contribution in [-0.2, 0) is 6.42 Å². The maximum absolute atomic E-state index is 11.3. The van der Waals surface area contributed by atoms with E-state index in [0.717, 1.165) is 47.5 Å². The standard InChI is InChI=1S/C30H36O3/c1-4-6-7-19-33-27-16-14-25(15-17-27)29-21-23(20-22(3)8-5-2)9-18-28(29)24-10-12-26(13-11-24)30(31)32/h9-18,21-22H,4-8,19-20H2,1-3H3,(H,31,32). The van der Waals surface area contributed by atoms with Crippen LogP contribution < -0.4 is 4.74 Å². The molecule has 3 aromatic rings. The van der Waals surface area contributed by atoms with Gasteiger partial charge in [0.25, 0.3) is 0 Å². The summed E-state index contributed by atoms with van der Waals surface area (Å²) in [6.45, 7) is 7.49. The highest BCUT2D eigenvalue weighted by Crippen LogP contribution is 2.35. The van der Waals surface area contributed by atoms with Crippen LogP contribution in [0.25, 0.3) is 22.3 Å². The van der Waals surface area contributed by atoms with Crippen LogP contribution in [0, 0.1) is 5.92 Å². The fraction of sp³-hybridized carbons (Fsp3) is 0.367. The molecule has 0 spiro atoms. The molecule has 0 aromatic heterocycles. The van der Waals surface area contributed by atoms with E-state index >= 15 is 0 Å². The monoisotopic (exact) mass is 444 g/mol. The summed E-state index contributed by atoms with van der Waals surface area (Å²) in [5.74, 6) is 0.633. The third-order valence-electron chi connectivity index (χ3n) is 6.07. The minimum absolute atomic E-state index is 0.301. The topological polar surface area (TPSA) is 46.5 Å². The summed E-state index contributed by atoms with van der Waals surface area (Å²) in [7, 11) is 0. The van der Waals surface area contributed by atoms with Crippen molar-refractivity contribution >= 4 is 5.97 Å². The Kier molecular flexibility index (Phi) is 9.12. The molecule has 3 aromatic carbocycles. The quantitative estimate of drug-likeness (QED) is 0.286. The fourth-order valence-corrected chi connectivity index (χ4v) is 4.27. The minimum atomic E-state index is -0.906. The van der Waals surface area contributed by atoms with Crippen molar-refractivity contribution in [3.63, 3.8) is 0 Å². The lowest BCUT2D eigenvalue weighted by molar-refractivity contribution is 0.0697. The molecule has 0 amide bonds. The molecule has 0 saturated carbocycles. The molecule has 0 heterocycles. The van der Waals surface area contributed by atoms with Gasteiger partial charge in [-0.15, -0.1) is 0 Å². The Hall–Kier alpha value is -3.07. The highest BCUT2D eigenvalue weighted by molar-refractivity contribution is 5.89. The van der Waals surface area contributed by atoms with Crippen LogP contribution in [-0.4, -0.2) is 17.7 Å². The number of aromatic carboxylic acids is 1. The molecule has 3 heteroatoms. The summed E-state index contributed by atoms with van der Waals surface area (Å²) in [4.78, 5) is 11.3. The zero-order valence-electron chi connectivity index (χ0n) is 20.1. The first-order valence-corrected chi connectivity index (χ1v) is 12.2. The summed E-state index contributed by atoms with van der Waals surface area (Å²) in [5.41, 5.74) is 6.06. The molecule has 0 fully saturated rings. The van der Waals surface area contributed by atoms with Crippen LogP contribution >= 0.6 is 0 Å². The third-order valence-corrected chi connectivity index (χ3v) is 6.07. The van der Waals surface area contributed by atoms with Gasteiger partial charge in [0, 0.05) is 0 Å². The van der Waals surface area contributed by atoms with Crippen molar-refractivity contribution in [3.05, 3.63) is 77.9 Å². The molecule has 174 valence electrons. The van der Waals surface area contributed by atoms with Gasteiger partial charge in [-0.1, -0.05) is 88.9 Å². The van der Waals surface area contributed by atoms with Crippen LogP contribution in [0.2, 0.25) is 0 Å². The van der Waals surface area contributed by atoms with E-state index in [2.05, 4.69) is 51.1 Å². The van der Waals surface area contributed by atoms with E-state index in [1.807, 2.05) is 24.3 Å². The smallest absolute Gasteiger partial charge is 0.335 e. The Balaban J connectivity index is 1.92. The Morgan fingerprint density at radius 1 is 0.848 bits per heavy atom. The SMILES string of the molecule is CCCCCOc1ccc(-c2cc(CC(C)CCC)ccc2-c2ccc(C(=O)O)cc2)cc1. The number of unbranched alkanes of at least 4 members (excludes halogenated alkanes) is 2. The molecule has 1 unspecified atom stereocenters. The van der Waals surface area contributed by atoms with Gasteiger partial charge in [0.15, 0.2) is 0 Å². The van der Waals surface area contributed by atoms with E-state index in [1.54, 1.807) is 12.1 Å². The van der Waals surface area contributed by atoms with Crippen LogP contribution in [0.5, 0.6) is 5.75 Å². The van der Waals surface area contributed by atoms with Gasteiger partial charge >= 0.3 is 5.97 Å². The first kappa shape index (κ1) is 24.6. The lowest BCUT2D eigenvalue weighted by Crippen LogP contribution is -2.00. The Labute approximate surface area is 198 Å². The molecule has 1 N–H and O–H groups in total. The molecule has 0 saturated heterocycles. The fourth-order valence-electron chi connectivity index (χ4n) is 4.27. The summed E-state index contributed by atoms with van der Waals surface area (Å²) < 4.78 is 5.90. The van der Waals surface area contributed by atoms with Crippen LogP contribution in [0.1, 0.15) is 68.8 Å². The molecular weight excluding hydrogens is 408 g/mol. The third kappa shape index (κ3) is 6.95. The van der Waals surface area contributed by atoms with Crippen molar-refractivity contribution in [1.29, 1.82) is 0 Å². The van der Waals surface area contributed by atoms with E-state index in [-0.39, 0.29) is 0 Å². The van der Waals surface area contributed by atoms with Gasteiger partial charge in [-0.2, -0.15) is 0 Å². The average molecular weight is 445 g/mol. The summed E-state index contributed by atoms with van der Waals surface area (Å²) in [5, 5.41) is 9.25. The van der Waals surface area contributed by atoms with E-state index in [1.165, 1.54) is 31.2 Å². The molecule has 0 radical (unpaired) electrons. The molecule has 0 aliphatic rings. The van der Waals surface area contributed by atoms with E-state index < -0.39 is 5.97 Å². The summed E-state index contributed by atoms with van der Waals surface area (Å²) in [6, 6.07) is 22.2. The second-order valence-corrected chi connectivity index (χ2v) is 8.94. The van der Waals surface area contributed by atoms with E-state index in [9.17, 15) is 9.90 Å². The highest BCUT2D eigenvalue weighted by atomic mass is 16.5. The van der Waals surface area contributed by atoms with Crippen molar-refractivity contribution < 1.29 is 14.6 Å². The number of rotatable bonds is 12. The van der Waals surface area contributed by atoms with Crippen LogP contribution in [0.4, 0.5) is 0 Å². The van der Waals surface area contributed by atoms with Gasteiger partial charge in [0.1, 0.15) is 5.75 Å². The number of hydrogen-bond donors (Lipinski definition) is 1. The maximum Gasteiger partial charge on any atom is 0.335 e. The lowest BCUT2D eigenvalue weighted by Gasteiger charge is -2.16. The molecule has 3 nitrogen and oxygen atoms in total. The number of ether oxygens (including phenoxy) is 1. The number of carbonyl (C=O) groups is 1. The number of hydrogen-bond acceptors (Lipinski definition) is 2. The Bertz CT molecular complexity index is 1020. The Morgan fingerprint density at radius 3 is 2.15 bits per heavy atom. The van der Waals surface area contributed by atoms with Crippen molar-refractivity contribution in [2.45, 2.75) is 59.3 Å². The van der Waals surface area contributed by atoms with Gasteiger partial charge in [-0.25, -0.2) is 4.79 Å². The van der Waals surface area contributed by atoms with Gasteiger partial charge in [0.2, 0.25) is 0 Å². The van der Waals surface area contributed by atoms with E-state index in [0.29, 0.717) is 11.5 Å². The molecule has 0 aliphatic heterocycles. The summed E-state index contributed by atoms with van der Waals surface area (Å²) in [6.07, 6.45) is 6.92. The zero-order valence-corrected chi connectivity index (χ0v) is 20.1. The first-order valence-electron chi connectivity index (χ1n) is 12.2. The molecule has 1 atom stereocenters. The second-order valence-electron chi connectivity index (χ2n) is 8.94. The zero-order chi connectivity index (χ0) is 23.6. The predicted octanol–water partition coefficient (Wildman–Crippen LogP) is 8.27. The van der Waals surface area contributed by atoms with Crippen molar-refractivity contribution in [3.8, 4) is 28.0 Å². The van der Waals surface area contributed by atoms with Gasteiger partial charge in [-0.3, -0.25) is 0 Å². The van der Waals surface area contributed by atoms with Crippen LogP contribution in [0.15, 0.2) is 66.7 Å². The number of carboxylic acids is 1. The number of benzene rings is 3. The number of carboxylic acid groups (broad SMARTS) is 1. The van der Waals surface area contributed by atoms with Crippen LogP contribution in [0.3, 0.4) is 0 Å². The van der Waals surface area contributed by atoms with Crippen molar-refractivity contribution in [2.75, 3.05) is 6.61 Å².